The third kappa shape index (κ3) is 5.16. The van der Waals surface area contributed by atoms with Crippen LogP contribution in [-0.2, 0) is 4.18 Å². The van der Waals surface area contributed by atoms with Gasteiger partial charge in [0.2, 0.25) is 0 Å². The molecule has 0 heterocycles. The van der Waals surface area contributed by atoms with Gasteiger partial charge in [-0.2, -0.15) is 0 Å². The molecule has 2 aromatic carbocycles. The van der Waals surface area contributed by atoms with Crippen molar-refractivity contribution in [1.82, 2.24) is 0 Å². The van der Waals surface area contributed by atoms with Crippen LogP contribution in [0.4, 0.5) is 0 Å². The topological polar surface area (TPSA) is 35.5 Å². The molecule has 0 aliphatic carbocycles. The summed E-state index contributed by atoms with van der Waals surface area (Å²) in [5, 5.41) is 0. The maximum absolute atomic E-state index is 11.9. The van der Waals surface area contributed by atoms with Gasteiger partial charge < -0.3 is 8.92 Å². The van der Waals surface area contributed by atoms with Crippen molar-refractivity contribution in [3.05, 3.63) is 60.2 Å². The van der Waals surface area contributed by atoms with E-state index in [0.717, 1.165) is 35.5 Å². The largest absolute Gasteiger partial charge is 0.494 e. The van der Waals surface area contributed by atoms with E-state index < -0.39 is 0 Å². The third-order valence-corrected chi connectivity index (χ3v) is 3.51. The van der Waals surface area contributed by atoms with Crippen molar-refractivity contribution in [3.63, 3.8) is 0 Å². The van der Waals surface area contributed by atoms with E-state index in [1.54, 1.807) is 24.3 Å². The van der Waals surface area contributed by atoms with Crippen molar-refractivity contribution in [2.24, 2.45) is 0 Å². The predicted octanol–water partition coefficient (Wildman–Crippen LogP) is 4.73. The SMILES string of the molecule is CCCCOc1ccc(C(=O)OSc2ccccc2)cc1. The Bertz CT molecular complexity index is 552. The molecule has 0 amide bonds. The maximum atomic E-state index is 11.9. The van der Waals surface area contributed by atoms with Gasteiger partial charge in [0.1, 0.15) is 5.75 Å². The van der Waals surface area contributed by atoms with Gasteiger partial charge in [-0.3, -0.25) is 0 Å². The molecule has 2 rings (SSSR count). The number of carbonyl (C=O) groups is 1. The lowest BCUT2D eigenvalue weighted by molar-refractivity contribution is 0.0768. The zero-order chi connectivity index (χ0) is 14.9. The highest BCUT2D eigenvalue weighted by atomic mass is 32.2. The van der Waals surface area contributed by atoms with Crippen molar-refractivity contribution in [2.45, 2.75) is 24.7 Å². The number of hydrogen-bond donors (Lipinski definition) is 0. The van der Waals surface area contributed by atoms with Crippen LogP contribution in [0.25, 0.3) is 0 Å². The summed E-state index contributed by atoms with van der Waals surface area (Å²) in [5.74, 6) is 0.416. The summed E-state index contributed by atoms with van der Waals surface area (Å²) in [6.45, 7) is 2.82. The number of rotatable bonds is 7. The monoisotopic (exact) mass is 302 g/mol. The van der Waals surface area contributed by atoms with E-state index in [-0.39, 0.29) is 5.97 Å². The van der Waals surface area contributed by atoms with Gasteiger partial charge in [-0.1, -0.05) is 31.5 Å². The molecule has 0 spiro atoms. The van der Waals surface area contributed by atoms with E-state index >= 15 is 0 Å². The molecule has 0 saturated heterocycles. The highest BCUT2D eigenvalue weighted by molar-refractivity contribution is 7.95. The Morgan fingerprint density at radius 3 is 2.43 bits per heavy atom. The summed E-state index contributed by atoms with van der Waals surface area (Å²) in [4.78, 5) is 12.8. The van der Waals surface area contributed by atoms with Crippen LogP contribution in [0.3, 0.4) is 0 Å². The third-order valence-electron chi connectivity index (χ3n) is 2.81. The molecule has 0 saturated carbocycles. The van der Waals surface area contributed by atoms with Gasteiger partial charge >= 0.3 is 5.97 Å². The zero-order valence-corrected chi connectivity index (χ0v) is 12.8. The van der Waals surface area contributed by atoms with Crippen LogP contribution >= 0.6 is 12.0 Å². The minimum Gasteiger partial charge on any atom is -0.494 e. The second-order valence-electron chi connectivity index (χ2n) is 4.49. The first-order valence-corrected chi connectivity index (χ1v) is 7.70. The fourth-order valence-corrected chi connectivity index (χ4v) is 2.17. The molecule has 21 heavy (non-hydrogen) atoms. The van der Waals surface area contributed by atoms with Gasteiger partial charge in [0.25, 0.3) is 0 Å². The standard InChI is InChI=1S/C17H18O3S/c1-2-3-13-19-15-11-9-14(10-12-15)17(18)20-21-16-7-5-4-6-8-16/h4-12H,2-3,13H2,1H3. The molecule has 0 fully saturated rings. The molecule has 0 N–H and O–H groups in total. The second-order valence-corrected chi connectivity index (χ2v) is 5.30. The first kappa shape index (κ1) is 15.4. The Morgan fingerprint density at radius 1 is 1.05 bits per heavy atom. The van der Waals surface area contributed by atoms with Crippen LogP contribution in [0, 0.1) is 0 Å². The Labute approximate surface area is 129 Å². The average Bonchev–Trinajstić information content (AvgIpc) is 2.54. The maximum Gasteiger partial charge on any atom is 0.350 e. The second kappa shape index (κ2) is 8.37. The molecule has 110 valence electrons. The van der Waals surface area contributed by atoms with E-state index in [0.29, 0.717) is 12.2 Å². The molecular weight excluding hydrogens is 284 g/mol. The van der Waals surface area contributed by atoms with E-state index in [2.05, 4.69) is 6.92 Å². The van der Waals surface area contributed by atoms with Crippen LogP contribution in [-0.4, -0.2) is 12.6 Å². The van der Waals surface area contributed by atoms with E-state index in [4.69, 9.17) is 8.92 Å². The Kier molecular flexibility index (Phi) is 6.16. The molecule has 0 aromatic heterocycles. The van der Waals surface area contributed by atoms with Gasteiger partial charge in [-0.15, -0.1) is 0 Å². The molecular formula is C17H18O3S. The van der Waals surface area contributed by atoms with Gasteiger partial charge in [-0.05, 0) is 42.8 Å². The van der Waals surface area contributed by atoms with Crippen LogP contribution in [0.5, 0.6) is 5.75 Å². The van der Waals surface area contributed by atoms with Crippen LogP contribution in [0.1, 0.15) is 30.1 Å². The lowest BCUT2D eigenvalue weighted by Crippen LogP contribution is -2.01. The highest BCUT2D eigenvalue weighted by Gasteiger charge is 2.08. The molecule has 2 aromatic rings. The van der Waals surface area contributed by atoms with E-state index in [1.165, 1.54) is 0 Å². The Hall–Kier alpha value is -1.94. The molecule has 0 unspecified atom stereocenters. The number of hydrogen-bond acceptors (Lipinski definition) is 4. The lowest BCUT2D eigenvalue weighted by atomic mass is 10.2. The minimum absolute atomic E-state index is 0.357. The average molecular weight is 302 g/mol. The summed E-state index contributed by atoms with van der Waals surface area (Å²) in [6.07, 6.45) is 2.12. The summed E-state index contributed by atoms with van der Waals surface area (Å²) in [7, 11) is 0. The van der Waals surface area contributed by atoms with Crippen molar-refractivity contribution in [2.75, 3.05) is 6.61 Å². The van der Waals surface area contributed by atoms with Gasteiger partial charge in [0, 0.05) is 4.90 Å². The minimum atomic E-state index is -0.357. The fourth-order valence-electron chi connectivity index (χ4n) is 1.63. The quantitative estimate of drug-likeness (QED) is 0.547. The predicted molar refractivity (Wildman–Crippen MR) is 84.6 cm³/mol. The molecule has 0 atom stereocenters. The summed E-state index contributed by atoms with van der Waals surface area (Å²) in [6, 6.07) is 16.5. The molecule has 0 aliphatic heterocycles. The van der Waals surface area contributed by atoms with Crippen LogP contribution < -0.4 is 4.74 Å². The first-order chi connectivity index (χ1) is 10.3. The van der Waals surface area contributed by atoms with E-state index in [9.17, 15) is 4.79 Å². The van der Waals surface area contributed by atoms with Crippen molar-refractivity contribution in [3.8, 4) is 5.75 Å². The van der Waals surface area contributed by atoms with E-state index in [1.807, 2.05) is 30.3 Å². The van der Waals surface area contributed by atoms with Crippen LogP contribution in [0.2, 0.25) is 0 Å². The molecule has 0 bridgehead atoms. The fraction of sp³-hybridized carbons (Fsp3) is 0.235. The van der Waals surface area contributed by atoms with Crippen molar-refractivity contribution in [1.29, 1.82) is 0 Å². The highest BCUT2D eigenvalue weighted by Crippen LogP contribution is 2.21. The number of benzene rings is 2. The summed E-state index contributed by atoms with van der Waals surface area (Å²) >= 11 is 1.06. The normalized spacial score (nSPS) is 10.1. The molecule has 4 heteroatoms. The molecule has 0 radical (unpaired) electrons. The van der Waals surface area contributed by atoms with Gasteiger partial charge in [-0.25, -0.2) is 4.79 Å². The van der Waals surface area contributed by atoms with Crippen LogP contribution in [0.15, 0.2) is 59.5 Å². The zero-order valence-electron chi connectivity index (χ0n) is 12.0. The number of unbranched alkanes of at least 4 members (excludes halogenated alkanes) is 1. The van der Waals surface area contributed by atoms with Gasteiger partial charge in [0.05, 0.1) is 24.2 Å². The number of carbonyl (C=O) groups excluding carboxylic acids is 1. The smallest absolute Gasteiger partial charge is 0.350 e. The first-order valence-electron chi connectivity index (χ1n) is 6.96. The Morgan fingerprint density at radius 2 is 1.76 bits per heavy atom. The number of ether oxygens (including phenoxy) is 1. The van der Waals surface area contributed by atoms with Crippen molar-refractivity contribution >= 4 is 18.0 Å². The molecule has 0 aliphatic rings. The summed E-state index contributed by atoms with van der Waals surface area (Å²) in [5.41, 5.74) is 0.515. The Balaban J connectivity index is 1.85. The lowest BCUT2D eigenvalue weighted by Gasteiger charge is -2.06. The molecule has 3 nitrogen and oxygen atoms in total. The summed E-state index contributed by atoms with van der Waals surface area (Å²) < 4.78 is 10.7. The van der Waals surface area contributed by atoms with Gasteiger partial charge in [0.15, 0.2) is 0 Å². The van der Waals surface area contributed by atoms with Crippen molar-refractivity contribution < 1.29 is 13.7 Å².